The predicted octanol–water partition coefficient (Wildman–Crippen LogP) is 4.20. The van der Waals surface area contributed by atoms with Gasteiger partial charge in [0.1, 0.15) is 0 Å². The molecule has 2 nitrogen and oxygen atoms in total. The summed E-state index contributed by atoms with van der Waals surface area (Å²) in [5.74, 6) is 0. The fourth-order valence-corrected chi connectivity index (χ4v) is 2.93. The van der Waals surface area contributed by atoms with Gasteiger partial charge in [0.25, 0.3) is 0 Å². The molecule has 0 atom stereocenters. The Morgan fingerprint density at radius 3 is 2.35 bits per heavy atom. The van der Waals surface area contributed by atoms with Crippen LogP contribution in [0.5, 0.6) is 0 Å². The molecule has 20 heavy (non-hydrogen) atoms. The van der Waals surface area contributed by atoms with Crippen LogP contribution in [0.2, 0.25) is 0 Å². The second kappa shape index (κ2) is 5.98. The molecule has 0 amide bonds. The number of hydrogen-bond acceptors (Lipinski definition) is 2. The Bertz CT molecular complexity index is 576. The van der Waals surface area contributed by atoms with Crippen molar-refractivity contribution < 1.29 is 0 Å². The molecule has 1 aliphatic carbocycles. The molecular weight excluding hydrogens is 312 g/mol. The maximum atomic E-state index is 5.75. The molecule has 0 unspecified atom stereocenters. The summed E-state index contributed by atoms with van der Waals surface area (Å²) in [6.07, 6.45) is 2.64. The third kappa shape index (κ3) is 3.62. The van der Waals surface area contributed by atoms with Crippen LogP contribution in [0.1, 0.15) is 24.0 Å². The molecular formula is C17H19BrN2. The predicted molar refractivity (Wildman–Crippen MR) is 87.3 cm³/mol. The maximum absolute atomic E-state index is 5.75. The second-order valence-electron chi connectivity index (χ2n) is 5.51. The van der Waals surface area contributed by atoms with Gasteiger partial charge >= 0.3 is 0 Å². The average Bonchev–Trinajstić information content (AvgIpc) is 3.25. The SMILES string of the molecule is Nc1ccc(CN(Cc2cccc(Br)c2)C2CC2)cc1. The molecule has 0 aromatic heterocycles. The van der Waals surface area contributed by atoms with E-state index >= 15 is 0 Å². The number of benzene rings is 2. The topological polar surface area (TPSA) is 29.3 Å². The van der Waals surface area contributed by atoms with Crippen molar-refractivity contribution in [2.24, 2.45) is 0 Å². The van der Waals surface area contributed by atoms with Crippen molar-refractivity contribution >= 4 is 21.6 Å². The number of nitrogen functional groups attached to an aromatic ring is 1. The molecule has 0 saturated heterocycles. The minimum Gasteiger partial charge on any atom is -0.399 e. The number of hydrogen-bond donors (Lipinski definition) is 1. The molecule has 3 rings (SSSR count). The first kappa shape index (κ1) is 13.7. The number of nitrogens with two attached hydrogens (primary N) is 1. The van der Waals surface area contributed by atoms with Crippen LogP contribution in [0.4, 0.5) is 5.69 Å². The van der Waals surface area contributed by atoms with Crippen LogP contribution >= 0.6 is 15.9 Å². The van der Waals surface area contributed by atoms with Gasteiger partial charge in [-0.1, -0.05) is 40.2 Å². The van der Waals surface area contributed by atoms with Gasteiger partial charge in [-0.15, -0.1) is 0 Å². The Morgan fingerprint density at radius 1 is 1.00 bits per heavy atom. The van der Waals surface area contributed by atoms with Crippen LogP contribution < -0.4 is 5.73 Å². The van der Waals surface area contributed by atoms with Gasteiger partial charge in [0.2, 0.25) is 0 Å². The molecule has 2 aromatic carbocycles. The van der Waals surface area contributed by atoms with Crippen molar-refractivity contribution in [1.82, 2.24) is 4.90 Å². The van der Waals surface area contributed by atoms with Crippen molar-refractivity contribution in [2.45, 2.75) is 32.0 Å². The average molecular weight is 331 g/mol. The Hall–Kier alpha value is -1.32. The largest absolute Gasteiger partial charge is 0.399 e. The molecule has 1 fully saturated rings. The summed E-state index contributed by atoms with van der Waals surface area (Å²) < 4.78 is 1.15. The van der Waals surface area contributed by atoms with Gasteiger partial charge in [0, 0.05) is 29.3 Å². The Labute approximate surface area is 128 Å². The number of nitrogens with zero attached hydrogens (tertiary/aromatic N) is 1. The van der Waals surface area contributed by atoms with Gasteiger partial charge in [-0.2, -0.15) is 0 Å². The highest BCUT2D eigenvalue weighted by Gasteiger charge is 2.28. The molecule has 2 N–H and O–H groups in total. The molecule has 1 aliphatic rings. The lowest BCUT2D eigenvalue weighted by Gasteiger charge is -2.22. The summed E-state index contributed by atoms with van der Waals surface area (Å²) in [5, 5.41) is 0. The van der Waals surface area contributed by atoms with E-state index in [1.165, 1.54) is 24.0 Å². The lowest BCUT2D eigenvalue weighted by molar-refractivity contribution is 0.246. The van der Waals surface area contributed by atoms with E-state index in [0.717, 1.165) is 29.3 Å². The van der Waals surface area contributed by atoms with Crippen molar-refractivity contribution in [1.29, 1.82) is 0 Å². The number of halogens is 1. The molecule has 0 heterocycles. The third-order valence-corrected chi connectivity index (χ3v) is 4.20. The first-order chi connectivity index (χ1) is 9.70. The molecule has 3 heteroatoms. The van der Waals surface area contributed by atoms with Crippen LogP contribution in [0, 0.1) is 0 Å². The molecule has 2 aromatic rings. The minimum atomic E-state index is 0.742. The van der Waals surface area contributed by atoms with E-state index < -0.39 is 0 Å². The van der Waals surface area contributed by atoms with Gasteiger partial charge in [-0.3, -0.25) is 4.90 Å². The van der Waals surface area contributed by atoms with E-state index in [-0.39, 0.29) is 0 Å². The van der Waals surface area contributed by atoms with Gasteiger partial charge in [0.15, 0.2) is 0 Å². The summed E-state index contributed by atoms with van der Waals surface area (Å²) in [7, 11) is 0. The van der Waals surface area contributed by atoms with E-state index in [1.807, 2.05) is 12.1 Å². The molecule has 0 radical (unpaired) electrons. The van der Waals surface area contributed by atoms with E-state index in [1.54, 1.807) is 0 Å². The van der Waals surface area contributed by atoms with Crippen LogP contribution in [-0.4, -0.2) is 10.9 Å². The van der Waals surface area contributed by atoms with Gasteiger partial charge in [-0.25, -0.2) is 0 Å². The summed E-state index contributed by atoms with van der Waals surface area (Å²) in [6, 6.07) is 17.6. The zero-order valence-electron chi connectivity index (χ0n) is 11.4. The quantitative estimate of drug-likeness (QED) is 0.832. The minimum absolute atomic E-state index is 0.742. The zero-order valence-corrected chi connectivity index (χ0v) is 13.0. The highest BCUT2D eigenvalue weighted by molar-refractivity contribution is 9.10. The standard InChI is InChI=1S/C17H19BrN2/c18-15-3-1-2-14(10-15)12-20(17-8-9-17)11-13-4-6-16(19)7-5-13/h1-7,10,17H,8-9,11-12,19H2. The Morgan fingerprint density at radius 2 is 1.70 bits per heavy atom. The number of anilines is 1. The summed E-state index contributed by atoms with van der Waals surface area (Å²) in [6.45, 7) is 2.01. The molecule has 0 aliphatic heterocycles. The fourth-order valence-electron chi connectivity index (χ4n) is 2.48. The molecule has 1 saturated carbocycles. The van der Waals surface area contributed by atoms with Crippen molar-refractivity contribution in [3.8, 4) is 0 Å². The van der Waals surface area contributed by atoms with Crippen molar-refractivity contribution in [3.05, 3.63) is 64.1 Å². The monoisotopic (exact) mass is 330 g/mol. The second-order valence-corrected chi connectivity index (χ2v) is 6.42. The lowest BCUT2D eigenvalue weighted by Crippen LogP contribution is -2.25. The molecule has 0 spiro atoms. The van der Waals surface area contributed by atoms with E-state index in [0.29, 0.717) is 0 Å². The van der Waals surface area contributed by atoms with E-state index in [9.17, 15) is 0 Å². The van der Waals surface area contributed by atoms with Crippen LogP contribution in [0.3, 0.4) is 0 Å². The number of rotatable bonds is 5. The van der Waals surface area contributed by atoms with E-state index in [4.69, 9.17) is 5.73 Å². The fraction of sp³-hybridized carbons (Fsp3) is 0.294. The summed E-state index contributed by atoms with van der Waals surface area (Å²) in [5.41, 5.74) is 9.28. The van der Waals surface area contributed by atoms with Crippen LogP contribution in [0.25, 0.3) is 0 Å². The van der Waals surface area contributed by atoms with Gasteiger partial charge < -0.3 is 5.73 Å². The highest BCUT2D eigenvalue weighted by Crippen LogP contribution is 2.30. The highest BCUT2D eigenvalue weighted by atomic mass is 79.9. The maximum Gasteiger partial charge on any atom is 0.0314 e. The molecule has 0 bridgehead atoms. The first-order valence-corrected chi connectivity index (χ1v) is 7.83. The summed E-state index contributed by atoms with van der Waals surface area (Å²) >= 11 is 3.55. The Kier molecular flexibility index (Phi) is 4.08. The zero-order chi connectivity index (χ0) is 13.9. The van der Waals surface area contributed by atoms with Crippen LogP contribution in [-0.2, 0) is 13.1 Å². The van der Waals surface area contributed by atoms with E-state index in [2.05, 4.69) is 57.2 Å². The molecule has 104 valence electrons. The first-order valence-electron chi connectivity index (χ1n) is 7.03. The summed E-state index contributed by atoms with van der Waals surface area (Å²) in [4.78, 5) is 2.56. The normalized spacial score (nSPS) is 14.7. The van der Waals surface area contributed by atoms with Gasteiger partial charge in [-0.05, 0) is 48.2 Å². The lowest BCUT2D eigenvalue weighted by atomic mass is 10.1. The van der Waals surface area contributed by atoms with Gasteiger partial charge in [0.05, 0.1) is 0 Å². The third-order valence-electron chi connectivity index (χ3n) is 3.70. The van der Waals surface area contributed by atoms with Crippen molar-refractivity contribution in [2.75, 3.05) is 5.73 Å². The Balaban J connectivity index is 1.71. The smallest absolute Gasteiger partial charge is 0.0314 e. The van der Waals surface area contributed by atoms with Crippen molar-refractivity contribution in [3.63, 3.8) is 0 Å². The van der Waals surface area contributed by atoms with Crippen LogP contribution in [0.15, 0.2) is 53.0 Å².